The number of fused-ring (bicyclic) bond motifs is 1. The largest absolute Gasteiger partial charge is 0.455 e. The van der Waals surface area contributed by atoms with Crippen LogP contribution in [0.4, 0.5) is 5.13 Å². The standard InChI is InChI=1S/C22H23N3O4S2/c1-11-18-15(27)7-22(3,4)8-16(18)29-19(11)20(28)25-21-24-14(10-30-21)17-6-5-13(31-17)9-23-12(2)26/h5-6,10H,7-9H2,1-4H3,(H,23,26)(H,24,25,28). The van der Waals surface area contributed by atoms with Gasteiger partial charge in [0.25, 0.3) is 5.91 Å². The van der Waals surface area contributed by atoms with E-state index in [1.165, 1.54) is 29.6 Å². The van der Waals surface area contributed by atoms with Crippen LogP contribution in [0.25, 0.3) is 10.6 Å². The summed E-state index contributed by atoms with van der Waals surface area (Å²) in [5, 5.41) is 7.89. The molecule has 4 rings (SSSR count). The first-order valence-electron chi connectivity index (χ1n) is 9.89. The van der Waals surface area contributed by atoms with Gasteiger partial charge in [-0.15, -0.1) is 22.7 Å². The molecule has 2 amide bonds. The third-order valence-corrected chi connectivity index (χ3v) is 7.00. The smallest absolute Gasteiger partial charge is 0.293 e. The number of anilines is 1. The second-order valence-corrected chi connectivity index (χ2v) is 10.5. The van der Waals surface area contributed by atoms with E-state index in [4.69, 9.17) is 4.42 Å². The number of thiazole rings is 1. The maximum atomic E-state index is 12.8. The molecule has 0 saturated carbocycles. The molecule has 0 bridgehead atoms. The fraction of sp³-hybridized carbons (Fsp3) is 0.364. The summed E-state index contributed by atoms with van der Waals surface area (Å²) in [6.45, 7) is 7.76. The molecule has 3 aromatic rings. The van der Waals surface area contributed by atoms with Crippen LogP contribution in [0.3, 0.4) is 0 Å². The highest BCUT2D eigenvalue weighted by Gasteiger charge is 2.37. The highest BCUT2D eigenvalue weighted by Crippen LogP contribution is 2.38. The predicted molar refractivity (Wildman–Crippen MR) is 121 cm³/mol. The van der Waals surface area contributed by atoms with E-state index < -0.39 is 5.91 Å². The van der Waals surface area contributed by atoms with Gasteiger partial charge in [-0.05, 0) is 24.5 Å². The van der Waals surface area contributed by atoms with Gasteiger partial charge in [-0.2, -0.15) is 0 Å². The maximum Gasteiger partial charge on any atom is 0.293 e. The summed E-state index contributed by atoms with van der Waals surface area (Å²) < 4.78 is 5.83. The van der Waals surface area contributed by atoms with Crippen molar-refractivity contribution in [2.24, 2.45) is 5.41 Å². The quantitative estimate of drug-likeness (QED) is 0.572. The zero-order valence-corrected chi connectivity index (χ0v) is 19.4. The Morgan fingerprint density at radius 1 is 1.26 bits per heavy atom. The Morgan fingerprint density at radius 2 is 2.03 bits per heavy atom. The third-order valence-electron chi connectivity index (χ3n) is 5.13. The monoisotopic (exact) mass is 457 g/mol. The van der Waals surface area contributed by atoms with Crippen LogP contribution in [-0.4, -0.2) is 22.6 Å². The van der Waals surface area contributed by atoms with Gasteiger partial charge >= 0.3 is 0 Å². The number of hydrogen-bond donors (Lipinski definition) is 2. The van der Waals surface area contributed by atoms with Crippen LogP contribution in [0.5, 0.6) is 0 Å². The highest BCUT2D eigenvalue weighted by molar-refractivity contribution is 7.17. The summed E-state index contributed by atoms with van der Waals surface area (Å²) in [5.74, 6) is 0.302. The van der Waals surface area contributed by atoms with Gasteiger partial charge in [0.05, 0.1) is 22.7 Å². The van der Waals surface area contributed by atoms with E-state index in [1.807, 2.05) is 31.4 Å². The van der Waals surface area contributed by atoms with Crippen molar-refractivity contribution in [1.29, 1.82) is 0 Å². The molecule has 0 fully saturated rings. The molecule has 7 nitrogen and oxygen atoms in total. The Kier molecular flexibility index (Phi) is 5.57. The second-order valence-electron chi connectivity index (χ2n) is 8.46. The number of hydrogen-bond acceptors (Lipinski definition) is 7. The molecule has 9 heteroatoms. The van der Waals surface area contributed by atoms with Crippen molar-refractivity contribution >= 4 is 45.4 Å². The van der Waals surface area contributed by atoms with Crippen LogP contribution in [0.15, 0.2) is 21.9 Å². The second kappa shape index (κ2) is 8.05. The van der Waals surface area contributed by atoms with E-state index in [0.29, 0.717) is 41.4 Å². The summed E-state index contributed by atoms with van der Waals surface area (Å²) in [6, 6.07) is 3.89. The molecule has 0 unspecified atom stereocenters. The minimum Gasteiger partial charge on any atom is -0.455 e. The predicted octanol–water partition coefficient (Wildman–Crippen LogP) is 4.82. The molecule has 3 aromatic heterocycles. The van der Waals surface area contributed by atoms with Crippen LogP contribution in [0, 0.1) is 12.3 Å². The Labute approximate surface area is 187 Å². The van der Waals surface area contributed by atoms with Crippen LogP contribution in [-0.2, 0) is 17.8 Å². The number of nitrogens with one attached hydrogen (secondary N) is 2. The first kappa shape index (κ1) is 21.5. The zero-order valence-electron chi connectivity index (χ0n) is 17.8. The Bertz CT molecular complexity index is 1190. The molecule has 0 aromatic carbocycles. The lowest BCUT2D eigenvalue weighted by molar-refractivity contribution is -0.119. The lowest BCUT2D eigenvalue weighted by Crippen LogP contribution is -2.26. The van der Waals surface area contributed by atoms with Crippen molar-refractivity contribution in [3.8, 4) is 10.6 Å². The van der Waals surface area contributed by atoms with Crippen LogP contribution >= 0.6 is 22.7 Å². The molecule has 31 heavy (non-hydrogen) atoms. The minimum atomic E-state index is -0.407. The molecule has 1 aliphatic rings. The number of amides is 2. The first-order chi connectivity index (χ1) is 14.6. The van der Waals surface area contributed by atoms with Gasteiger partial charge in [0.1, 0.15) is 5.76 Å². The number of carbonyl (C=O) groups is 3. The summed E-state index contributed by atoms with van der Waals surface area (Å²) in [4.78, 5) is 42.9. The molecular formula is C22H23N3O4S2. The molecule has 0 atom stereocenters. The Balaban J connectivity index is 1.49. The topological polar surface area (TPSA) is 101 Å². The average Bonchev–Trinajstić information content (AvgIpc) is 3.37. The molecule has 0 spiro atoms. The molecule has 0 radical (unpaired) electrons. The minimum absolute atomic E-state index is 0.0239. The van der Waals surface area contributed by atoms with Gasteiger partial charge in [-0.3, -0.25) is 19.7 Å². The number of thiophene rings is 1. The summed E-state index contributed by atoms with van der Waals surface area (Å²) in [6.07, 6.45) is 1.07. The molecule has 0 aliphatic heterocycles. The van der Waals surface area contributed by atoms with Gasteiger partial charge < -0.3 is 9.73 Å². The van der Waals surface area contributed by atoms with Gasteiger partial charge in [0.2, 0.25) is 5.91 Å². The van der Waals surface area contributed by atoms with Crippen molar-refractivity contribution in [3.63, 3.8) is 0 Å². The van der Waals surface area contributed by atoms with E-state index in [0.717, 1.165) is 15.4 Å². The molecule has 2 N–H and O–H groups in total. The van der Waals surface area contributed by atoms with E-state index >= 15 is 0 Å². The summed E-state index contributed by atoms with van der Waals surface area (Å²) in [5.41, 5.74) is 1.72. The number of Topliss-reactive ketones (excluding diaryl/α,β-unsaturated/α-hetero) is 1. The fourth-order valence-electron chi connectivity index (χ4n) is 3.72. The first-order valence-corrected chi connectivity index (χ1v) is 11.6. The van der Waals surface area contributed by atoms with Crippen LogP contribution in [0.1, 0.15) is 64.3 Å². The third kappa shape index (κ3) is 4.47. The van der Waals surface area contributed by atoms with E-state index in [2.05, 4.69) is 15.6 Å². The van der Waals surface area contributed by atoms with Crippen molar-refractivity contribution in [1.82, 2.24) is 10.3 Å². The van der Waals surface area contributed by atoms with E-state index in [9.17, 15) is 14.4 Å². The SMILES string of the molecule is CC(=O)NCc1ccc(-c2csc(NC(=O)c3oc4c(c3C)C(=O)CC(C)(C)C4)n2)s1. The van der Waals surface area contributed by atoms with Crippen molar-refractivity contribution in [2.75, 3.05) is 5.32 Å². The molecular weight excluding hydrogens is 434 g/mol. The Hall–Kier alpha value is -2.78. The van der Waals surface area contributed by atoms with Gasteiger partial charge in [0, 0.05) is 35.6 Å². The normalized spacial score (nSPS) is 14.9. The van der Waals surface area contributed by atoms with Crippen LogP contribution in [0.2, 0.25) is 0 Å². The van der Waals surface area contributed by atoms with Gasteiger partial charge in [-0.25, -0.2) is 4.98 Å². The molecule has 3 heterocycles. The highest BCUT2D eigenvalue weighted by atomic mass is 32.1. The Morgan fingerprint density at radius 3 is 2.77 bits per heavy atom. The summed E-state index contributed by atoms with van der Waals surface area (Å²) in [7, 11) is 0. The van der Waals surface area contributed by atoms with Gasteiger partial charge in [0.15, 0.2) is 16.7 Å². The number of aromatic nitrogens is 1. The van der Waals surface area contributed by atoms with E-state index in [1.54, 1.807) is 6.92 Å². The van der Waals surface area contributed by atoms with Crippen LogP contribution < -0.4 is 10.6 Å². The number of rotatable bonds is 5. The van der Waals surface area contributed by atoms with Crippen molar-refractivity contribution in [2.45, 2.75) is 47.1 Å². The molecule has 162 valence electrons. The number of furan rings is 1. The van der Waals surface area contributed by atoms with Gasteiger partial charge in [-0.1, -0.05) is 13.8 Å². The average molecular weight is 458 g/mol. The lowest BCUT2D eigenvalue weighted by atomic mass is 9.76. The molecule has 1 aliphatic carbocycles. The van der Waals surface area contributed by atoms with Crippen molar-refractivity contribution in [3.05, 3.63) is 45.0 Å². The zero-order chi connectivity index (χ0) is 22.3. The summed E-state index contributed by atoms with van der Waals surface area (Å²) >= 11 is 2.86. The fourth-order valence-corrected chi connectivity index (χ4v) is 5.41. The number of nitrogens with zero attached hydrogens (tertiary/aromatic N) is 1. The van der Waals surface area contributed by atoms with E-state index in [-0.39, 0.29) is 22.9 Å². The number of ketones is 1. The molecule has 0 saturated heterocycles. The maximum absolute atomic E-state index is 12.8. The number of carbonyl (C=O) groups excluding carboxylic acids is 3. The van der Waals surface area contributed by atoms with Crippen molar-refractivity contribution < 1.29 is 18.8 Å². The lowest BCUT2D eigenvalue weighted by Gasteiger charge is -2.27.